The molecule has 152 valence electrons. The van der Waals surface area contributed by atoms with Crippen molar-refractivity contribution in [2.24, 2.45) is 17.3 Å². The van der Waals surface area contributed by atoms with Crippen molar-refractivity contribution in [2.75, 3.05) is 6.61 Å². The summed E-state index contributed by atoms with van der Waals surface area (Å²) >= 11 is 4.01. The molecule has 4 bridgehead atoms. The van der Waals surface area contributed by atoms with E-state index in [-0.39, 0.29) is 21.8 Å². The number of halogens is 1. The van der Waals surface area contributed by atoms with Crippen molar-refractivity contribution in [3.8, 4) is 11.5 Å². The van der Waals surface area contributed by atoms with Crippen LogP contribution in [0.3, 0.4) is 0 Å². The number of amides is 1. The SMILES string of the molecule is CCOc1cc2c(cc1CNC(=O)C13CC4CC(CC(Br)(C4)C1)C3)OC(C)C2. The van der Waals surface area contributed by atoms with Crippen LogP contribution in [0.1, 0.15) is 63.5 Å². The van der Waals surface area contributed by atoms with Gasteiger partial charge in [-0.3, -0.25) is 4.79 Å². The number of fused-ring (bicyclic) bond motifs is 1. The minimum atomic E-state index is -0.179. The maximum absolute atomic E-state index is 13.4. The maximum Gasteiger partial charge on any atom is 0.226 e. The van der Waals surface area contributed by atoms with Crippen LogP contribution in [-0.4, -0.2) is 22.9 Å². The molecule has 3 atom stereocenters. The average molecular weight is 448 g/mol. The summed E-state index contributed by atoms with van der Waals surface area (Å²) in [5, 5.41) is 3.28. The summed E-state index contributed by atoms with van der Waals surface area (Å²) in [6.07, 6.45) is 8.04. The molecule has 4 aliphatic carbocycles. The summed E-state index contributed by atoms with van der Waals surface area (Å²) in [5.41, 5.74) is 2.04. The molecule has 1 amide bonds. The van der Waals surface area contributed by atoms with Crippen LogP contribution < -0.4 is 14.8 Å². The summed E-state index contributed by atoms with van der Waals surface area (Å²) in [7, 11) is 0. The van der Waals surface area contributed by atoms with Gasteiger partial charge in [0.2, 0.25) is 5.91 Å². The number of ether oxygens (including phenoxy) is 2. The molecule has 1 aliphatic heterocycles. The lowest BCUT2D eigenvalue weighted by Gasteiger charge is -2.59. The average Bonchev–Trinajstić information content (AvgIpc) is 2.96. The molecule has 3 unspecified atom stereocenters. The zero-order valence-corrected chi connectivity index (χ0v) is 18.4. The van der Waals surface area contributed by atoms with Crippen LogP contribution in [0.5, 0.6) is 11.5 Å². The first kappa shape index (κ1) is 18.8. The molecule has 1 aromatic carbocycles. The molecular weight excluding hydrogens is 418 g/mol. The highest BCUT2D eigenvalue weighted by molar-refractivity contribution is 9.10. The first-order chi connectivity index (χ1) is 13.4. The van der Waals surface area contributed by atoms with Gasteiger partial charge in [0.05, 0.1) is 12.0 Å². The highest BCUT2D eigenvalue weighted by Crippen LogP contribution is 2.64. The summed E-state index contributed by atoms with van der Waals surface area (Å²) < 4.78 is 12.0. The van der Waals surface area contributed by atoms with Crippen LogP contribution >= 0.6 is 15.9 Å². The van der Waals surface area contributed by atoms with Gasteiger partial charge in [-0.1, -0.05) is 15.9 Å². The fourth-order valence-electron chi connectivity index (χ4n) is 6.69. The van der Waals surface area contributed by atoms with E-state index in [0.29, 0.717) is 25.0 Å². The van der Waals surface area contributed by atoms with Gasteiger partial charge in [-0.25, -0.2) is 0 Å². The Morgan fingerprint density at radius 3 is 2.71 bits per heavy atom. The van der Waals surface area contributed by atoms with Crippen molar-refractivity contribution in [3.63, 3.8) is 0 Å². The molecule has 5 heteroatoms. The molecule has 1 heterocycles. The molecule has 5 aliphatic rings. The Hall–Kier alpha value is -1.23. The van der Waals surface area contributed by atoms with Crippen LogP contribution in [0.15, 0.2) is 12.1 Å². The topological polar surface area (TPSA) is 47.6 Å². The Balaban J connectivity index is 1.34. The molecule has 4 saturated carbocycles. The molecule has 0 saturated heterocycles. The molecule has 0 radical (unpaired) electrons. The van der Waals surface area contributed by atoms with Gasteiger partial charge in [0.25, 0.3) is 0 Å². The van der Waals surface area contributed by atoms with Crippen molar-refractivity contribution in [3.05, 3.63) is 23.3 Å². The van der Waals surface area contributed by atoms with Crippen LogP contribution in [0, 0.1) is 17.3 Å². The van der Waals surface area contributed by atoms with Crippen LogP contribution in [0.25, 0.3) is 0 Å². The number of carbonyl (C=O) groups excluding carboxylic acids is 1. The van der Waals surface area contributed by atoms with Crippen LogP contribution in [0.4, 0.5) is 0 Å². The zero-order valence-electron chi connectivity index (χ0n) is 16.9. The first-order valence-electron chi connectivity index (χ1n) is 10.8. The number of nitrogens with one attached hydrogen (secondary N) is 1. The van der Waals surface area contributed by atoms with Crippen LogP contribution in [0.2, 0.25) is 0 Å². The third-order valence-electron chi connectivity index (χ3n) is 7.29. The van der Waals surface area contributed by atoms with E-state index in [2.05, 4.69) is 40.3 Å². The first-order valence-corrected chi connectivity index (χ1v) is 11.6. The number of hydrogen-bond donors (Lipinski definition) is 1. The number of carbonyl (C=O) groups is 1. The normalized spacial score (nSPS) is 37.5. The Bertz CT molecular complexity index is 793. The van der Waals surface area contributed by atoms with Gasteiger partial charge in [0.1, 0.15) is 17.6 Å². The largest absolute Gasteiger partial charge is 0.494 e. The fraction of sp³-hybridized carbons (Fsp3) is 0.696. The molecule has 1 aromatic rings. The Labute approximate surface area is 175 Å². The maximum atomic E-state index is 13.4. The predicted octanol–water partition coefficient (Wildman–Crippen LogP) is 4.76. The molecular formula is C23H30BrNO3. The van der Waals surface area contributed by atoms with E-state index in [1.54, 1.807) is 0 Å². The molecule has 28 heavy (non-hydrogen) atoms. The number of rotatable bonds is 5. The Morgan fingerprint density at radius 1 is 1.29 bits per heavy atom. The Morgan fingerprint density at radius 2 is 2.04 bits per heavy atom. The van der Waals surface area contributed by atoms with Gasteiger partial charge in [-0.2, -0.15) is 0 Å². The zero-order chi connectivity index (χ0) is 19.5. The van der Waals surface area contributed by atoms with E-state index < -0.39 is 0 Å². The molecule has 4 fully saturated rings. The van der Waals surface area contributed by atoms with E-state index in [1.165, 1.54) is 24.8 Å². The number of benzene rings is 1. The van der Waals surface area contributed by atoms with Gasteiger partial charge in [-0.05, 0) is 76.3 Å². The lowest BCUT2D eigenvalue weighted by Crippen LogP contribution is -2.58. The van der Waals surface area contributed by atoms with Crippen molar-refractivity contribution in [2.45, 2.75) is 75.8 Å². The highest BCUT2D eigenvalue weighted by Gasteiger charge is 2.59. The fourth-order valence-corrected chi connectivity index (χ4v) is 8.14. The number of hydrogen-bond acceptors (Lipinski definition) is 3. The summed E-state index contributed by atoms with van der Waals surface area (Å²) in [5.74, 6) is 3.47. The minimum absolute atomic E-state index is 0.179. The van der Waals surface area contributed by atoms with Crippen molar-refractivity contribution < 1.29 is 14.3 Å². The van der Waals surface area contributed by atoms with Gasteiger partial charge in [0, 0.05) is 28.4 Å². The molecule has 6 rings (SSSR count). The van der Waals surface area contributed by atoms with E-state index in [1.807, 2.05) is 6.92 Å². The van der Waals surface area contributed by atoms with E-state index in [4.69, 9.17) is 9.47 Å². The molecule has 1 N–H and O–H groups in total. The Kier molecular flexibility index (Phi) is 4.46. The monoisotopic (exact) mass is 447 g/mol. The van der Waals surface area contributed by atoms with E-state index in [9.17, 15) is 4.79 Å². The second kappa shape index (κ2) is 6.65. The number of alkyl halides is 1. The lowest BCUT2D eigenvalue weighted by molar-refractivity contribution is -0.144. The van der Waals surface area contributed by atoms with E-state index in [0.717, 1.165) is 42.7 Å². The van der Waals surface area contributed by atoms with Gasteiger partial charge >= 0.3 is 0 Å². The van der Waals surface area contributed by atoms with Gasteiger partial charge in [0.15, 0.2) is 0 Å². The predicted molar refractivity (Wildman–Crippen MR) is 112 cm³/mol. The molecule has 0 aromatic heterocycles. The quantitative estimate of drug-likeness (QED) is 0.661. The summed E-state index contributed by atoms with van der Waals surface area (Å²) in [4.78, 5) is 13.4. The van der Waals surface area contributed by atoms with Gasteiger partial charge < -0.3 is 14.8 Å². The van der Waals surface area contributed by atoms with Crippen molar-refractivity contribution in [1.82, 2.24) is 5.32 Å². The molecule has 0 spiro atoms. The standard InChI is InChI=1S/C23H30BrNO3/c1-3-27-19-6-17-4-14(2)28-20(17)7-18(19)12-25-21(26)22-8-15-5-16(9-22)11-23(24,10-15)13-22/h6-7,14-16H,3-5,8-13H2,1-2H3,(H,25,26). The summed E-state index contributed by atoms with van der Waals surface area (Å²) in [6.45, 7) is 5.21. The third-order valence-corrected chi connectivity index (χ3v) is 8.22. The second-order valence-electron chi connectivity index (χ2n) is 9.71. The van der Waals surface area contributed by atoms with Crippen molar-refractivity contribution in [1.29, 1.82) is 0 Å². The molecule has 4 nitrogen and oxygen atoms in total. The lowest BCUT2D eigenvalue weighted by atomic mass is 9.49. The van der Waals surface area contributed by atoms with Gasteiger partial charge in [-0.15, -0.1) is 0 Å². The van der Waals surface area contributed by atoms with Crippen LogP contribution in [-0.2, 0) is 17.8 Å². The van der Waals surface area contributed by atoms with E-state index >= 15 is 0 Å². The van der Waals surface area contributed by atoms with Crippen molar-refractivity contribution >= 4 is 21.8 Å². The smallest absolute Gasteiger partial charge is 0.226 e. The summed E-state index contributed by atoms with van der Waals surface area (Å²) in [6, 6.07) is 4.16. The minimum Gasteiger partial charge on any atom is -0.494 e. The third kappa shape index (κ3) is 3.14. The second-order valence-corrected chi connectivity index (χ2v) is 11.4. The highest BCUT2D eigenvalue weighted by atomic mass is 79.9.